The topological polar surface area (TPSA) is 88.0 Å². The molecule has 0 bridgehead atoms. The molecule has 4 aromatic carbocycles. The van der Waals surface area contributed by atoms with Crippen LogP contribution in [-0.4, -0.2) is 23.2 Å². The number of nitrogens with one attached hydrogen (secondary N) is 1. The molecule has 6 nitrogen and oxygen atoms in total. The van der Waals surface area contributed by atoms with Gasteiger partial charge in [-0.2, -0.15) is 5.10 Å². The average molecular weight is 428 g/mol. The summed E-state index contributed by atoms with van der Waals surface area (Å²) in [6, 6.07) is 22.1. The Labute approximate surface area is 182 Å². The van der Waals surface area contributed by atoms with Crippen molar-refractivity contribution in [1.82, 2.24) is 5.43 Å². The molecule has 0 aliphatic heterocycles. The van der Waals surface area contributed by atoms with Gasteiger partial charge in [-0.3, -0.25) is 4.79 Å². The van der Waals surface area contributed by atoms with Crippen molar-refractivity contribution in [2.24, 2.45) is 5.10 Å². The highest BCUT2D eigenvalue weighted by Crippen LogP contribution is 2.24. The van der Waals surface area contributed by atoms with Gasteiger partial charge in [-0.15, -0.1) is 0 Å². The molecule has 0 saturated heterocycles. The molecule has 32 heavy (non-hydrogen) atoms. The number of phenols is 1. The number of nitrogens with zero attached hydrogens (tertiary/aromatic N) is 1. The van der Waals surface area contributed by atoms with Crippen molar-refractivity contribution >= 4 is 28.9 Å². The SMILES string of the molecule is O=C(Oc1cccc(C=NNC(=O)c2cc3ccccc3cc2O)c1)c1cccc(F)c1. The van der Waals surface area contributed by atoms with Crippen molar-refractivity contribution in [2.45, 2.75) is 0 Å². The maximum Gasteiger partial charge on any atom is 0.343 e. The molecule has 4 aromatic rings. The van der Waals surface area contributed by atoms with E-state index >= 15 is 0 Å². The Hall–Kier alpha value is -4.52. The Morgan fingerprint density at radius 3 is 2.44 bits per heavy atom. The molecule has 0 heterocycles. The predicted molar refractivity (Wildman–Crippen MR) is 118 cm³/mol. The van der Waals surface area contributed by atoms with Crippen LogP contribution in [-0.2, 0) is 0 Å². The van der Waals surface area contributed by atoms with E-state index in [1.54, 1.807) is 30.3 Å². The van der Waals surface area contributed by atoms with Crippen LogP contribution in [0.5, 0.6) is 11.5 Å². The molecular formula is C25H17FN2O4. The lowest BCUT2D eigenvalue weighted by atomic mass is 10.1. The summed E-state index contributed by atoms with van der Waals surface area (Å²) < 4.78 is 18.5. The number of hydrogen-bond donors (Lipinski definition) is 2. The highest BCUT2D eigenvalue weighted by atomic mass is 19.1. The molecule has 2 N–H and O–H groups in total. The van der Waals surface area contributed by atoms with Crippen molar-refractivity contribution in [3.63, 3.8) is 0 Å². The second-order valence-corrected chi connectivity index (χ2v) is 6.89. The lowest BCUT2D eigenvalue weighted by Crippen LogP contribution is -2.17. The summed E-state index contributed by atoms with van der Waals surface area (Å²) in [6.07, 6.45) is 1.37. The molecule has 0 radical (unpaired) electrons. The summed E-state index contributed by atoms with van der Waals surface area (Å²) in [5.74, 6) is -1.71. The number of carbonyl (C=O) groups excluding carboxylic acids is 2. The molecule has 0 fully saturated rings. The smallest absolute Gasteiger partial charge is 0.343 e. The number of ether oxygens (including phenoxy) is 1. The van der Waals surface area contributed by atoms with Gasteiger partial charge in [0, 0.05) is 0 Å². The molecule has 4 rings (SSSR count). The van der Waals surface area contributed by atoms with E-state index in [9.17, 15) is 19.1 Å². The van der Waals surface area contributed by atoms with E-state index in [1.807, 2.05) is 24.3 Å². The summed E-state index contributed by atoms with van der Waals surface area (Å²) in [5, 5.41) is 15.7. The van der Waals surface area contributed by atoms with Crippen LogP contribution in [0, 0.1) is 5.82 Å². The standard InChI is InChI=1S/C25H17FN2O4/c26-20-9-4-8-19(12-20)25(31)32-21-10-3-5-16(11-21)15-27-28-24(30)22-13-17-6-1-2-7-18(17)14-23(22)29/h1-15,29H,(H,28,30). The van der Waals surface area contributed by atoms with Gasteiger partial charge in [0.05, 0.1) is 17.3 Å². The first-order valence-corrected chi connectivity index (χ1v) is 9.62. The summed E-state index contributed by atoms with van der Waals surface area (Å²) in [7, 11) is 0. The van der Waals surface area contributed by atoms with Crippen LogP contribution in [0.4, 0.5) is 4.39 Å². The molecule has 0 aliphatic rings. The van der Waals surface area contributed by atoms with Crippen molar-refractivity contribution in [2.75, 3.05) is 0 Å². The monoisotopic (exact) mass is 428 g/mol. The van der Waals surface area contributed by atoms with Crippen molar-refractivity contribution in [3.05, 3.63) is 107 Å². The zero-order valence-corrected chi connectivity index (χ0v) is 16.7. The molecule has 0 atom stereocenters. The van der Waals surface area contributed by atoms with E-state index in [0.717, 1.165) is 16.8 Å². The number of benzene rings is 4. The van der Waals surface area contributed by atoms with E-state index in [4.69, 9.17) is 4.74 Å². The quantitative estimate of drug-likeness (QED) is 0.209. The van der Waals surface area contributed by atoms with Crippen LogP contribution in [0.1, 0.15) is 26.3 Å². The fourth-order valence-electron chi connectivity index (χ4n) is 3.08. The highest BCUT2D eigenvalue weighted by Gasteiger charge is 2.12. The van der Waals surface area contributed by atoms with Gasteiger partial charge in [0.25, 0.3) is 5.91 Å². The van der Waals surface area contributed by atoms with Crippen LogP contribution in [0.25, 0.3) is 10.8 Å². The minimum Gasteiger partial charge on any atom is -0.507 e. The van der Waals surface area contributed by atoms with Crippen molar-refractivity contribution in [1.29, 1.82) is 0 Å². The third kappa shape index (κ3) is 4.79. The summed E-state index contributed by atoms with van der Waals surface area (Å²) in [5.41, 5.74) is 3.11. The normalized spacial score (nSPS) is 10.9. The van der Waals surface area contributed by atoms with Crippen LogP contribution in [0.3, 0.4) is 0 Å². The number of hydrazone groups is 1. The maximum atomic E-state index is 13.3. The molecule has 0 saturated carbocycles. The molecule has 0 unspecified atom stereocenters. The Bertz CT molecular complexity index is 1350. The van der Waals surface area contributed by atoms with Crippen LogP contribution in [0.2, 0.25) is 0 Å². The van der Waals surface area contributed by atoms with Gasteiger partial charge in [-0.1, -0.05) is 42.5 Å². The van der Waals surface area contributed by atoms with Crippen LogP contribution >= 0.6 is 0 Å². The number of aromatic hydroxyl groups is 1. The van der Waals surface area contributed by atoms with E-state index in [0.29, 0.717) is 5.56 Å². The van der Waals surface area contributed by atoms with Crippen LogP contribution in [0.15, 0.2) is 90.0 Å². The fraction of sp³-hybridized carbons (Fsp3) is 0. The van der Waals surface area contributed by atoms with E-state index in [2.05, 4.69) is 10.5 Å². The number of carbonyl (C=O) groups is 2. The van der Waals surface area contributed by atoms with Gasteiger partial charge < -0.3 is 9.84 Å². The Morgan fingerprint density at radius 2 is 1.66 bits per heavy atom. The largest absolute Gasteiger partial charge is 0.507 e. The Balaban J connectivity index is 1.43. The van der Waals surface area contributed by atoms with E-state index in [-0.39, 0.29) is 22.6 Å². The summed E-state index contributed by atoms with van der Waals surface area (Å²) >= 11 is 0. The number of esters is 1. The predicted octanol–water partition coefficient (Wildman–Crippen LogP) is 4.67. The van der Waals surface area contributed by atoms with Gasteiger partial charge in [-0.05, 0) is 58.8 Å². The lowest BCUT2D eigenvalue weighted by molar-refractivity contribution is 0.0734. The molecule has 7 heteroatoms. The van der Waals surface area contributed by atoms with Gasteiger partial charge in [-0.25, -0.2) is 14.6 Å². The third-order valence-corrected chi connectivity index (χ3v) is 4.62. The Morgan fingerprint density at radius 1 is 0.906 bits per heavy atom. The first-order valence-electron chi connectivity index (χ1n) is 9.62. The first-order chi connectivity index (χ1) is 15.5. The molecule has 0 aliphatic carbocycles. The van der Waals surface area contributed by atoms with E-state index < -0.39 is 17.7 Å². The maximum absolute atomic E-state index is 13.3. The second kappa shape index (κ2) is 9.09. The molecular weight excluding hydrogens is 411 g/mol. The first kappa shape index (κ1) is 20.7. The summed E-state index contributed by atoms with van der Waals surface area (Å²) in [4.78, 5) is 24.6. The molecule has 1 amide bonds. The van der Waals surface area contributed by atoms with Crippen molar-refractivity contribution < 1.29 is 23.8 Å². The highest BCUT2D eigenvalue weighted by molar-refractivity contribution is 6.01. The van der Waals surface area contributed by atoms with Crippen LogP contribution < -0.4 is 10.2 Å². The van der Waals surface area contributed by atoms with E-state index in [1.165, 1.54) is 30.5 Å². The number of amides is 1. The second-order valence-electron chi connectivity index (χ2n) is 6.89. The Kier molecular flexibility index (Phi) is 5.89. The lowest BCUT2D eigenvalue weighted by Gasteiger charge is -2.06. The van der Waals surface area contributed by atoms with Gasteiger partial charge in [0.1, 0.15) is 17.3 Å². The minimum absolute atomic E-state index is 0.0894. The van der Waals surface area contributed by atoms with Gasteiger partial charge >= 0.3 is 5.97 Å². The van der Waals surface area contributed by atoms with Crippen molar-refractivity contribution in [3.8, 4) is 11.5 Å². The van der Waals surface area contributed by atoms with Gasteiger partial charge in [0.15, 0.2) is 0 Å². The third-order valence-electron chi connectivity index (χ3n) is 4.62. The van der Waals surface area contributed by atoms with Gasteiger partial charge in [0.2, 0.25) is 0 Å². The number of halogens is 1. The fourth-order valence-corrected chi connectivity index (χ4v) is 3.08. The molecule has 0 spiro atoms. The average Bonchev–Trinajstić information content (AvgIpc) is 2.79. The number of fused-ring (bicyclic) bond motifs is 1. The molecule has 158 valence electrons. The summed E-state index contributed by atoms with van der Waals surface area (Å²) in [6.45, 7) is 0. The number of hydrogen-bond acceptors (Lipinski definition) is 5. The number of rotatable bonds is 5. The number of phenolic OH excluding ortho intramolecular Hbond substituents is 1. The zero-order chi connectivity index (χ0) is 22.5. The molecule has 0 aromatic heterocycles. The minimum atomic E-state index is -0.696. The zero-order valence-electron chi connectivity index (χ0n) is 16.7.